The lowest BCUT2D eigenvalue weighted by atomic mass is 10.3. The lowest BCUT2D eigenvalue weighted by molar-refractivity contribution is -0.150. The van der Waals surface area contributed by atoms with E-state index >= 15 is 0 Å². The molecular formula is C13H18O6. The summed E-state index contributed by atoms with van der Waals surface area (Å²) in [6.07, 6.45) is 1.54. The second-order valence-corrected chi connectivity index (χ2v) is 3.61. The highest BCUT2D eigenvalue weighted by atomic mass is 16.6. The van der Waals surface area contributed by atoms with Crippen LogP contribution in [0.3, 0.4) is 0 Å². The van der Waals surface area contributed by atoms with Crippen molar-refractivity contribution in [2.24, 2.45) is 0 Å². The third-order valence-electron chi connectivity index (χ3n) is 1.86. The van der Waals surface area contributed by atoms with Crippen LogP contribution in [0.25, 0.3) is 0 Å². The maximum absolute atomic E-state index is 11.2. The van der Waals surface area contributed by atoms with E-state index < -0.39 is 17.9 Å². The van der Waals surface area contributed by atoms with Gasteiger partial charge in [-0.15, -0.1) is 0 Å². The van der Waals surface area contributed by atoms with Crippen molar-refractivity contribution in [2.45, 2.75) is 19.8 Å². The summed E-state index contributed by atoms with van der Waals surface area (Å²) in [6, 6.07) is 0. The topological polar surface area (TPSA) is 78.9 Å². The summed E-state index contributed by atoms with van der Waals surface area (Å²) < 4.78 is 14.2. The van der Waals surface area contributed by atoms with Gasteiger partial charge in [0.05, 0.1) is 6.61 Å². The SMILES string of the molecule is C=CC(=O)OCCCC(=O)OCCOC(=O)C(=C)C. The van der Waals surface area contributed by atoms with Crippen LogP contribution in [-0.4, -0.2) is 37.7 Å². The summed E-state index contributed by atoms with van der Waals surface area (Å²) in [5.41, 5.74) is 0.287. The van der Waals surface area contributed by atoms with Gasteiger partial charge in [-0.05, 0) is 13.3 Å². The molecule has 0 aromatic rings. The second kappa shape index (κ2) is 9.87. The molecule has 0 atom stereocenters. The molecule has 0 fully saturated rings. The summed E-state index contributed by atoms with van der Waals surface area (Å²) in [7, 11) is 0. The van der Waals surface area contributed by atoms with E-state index in [9.17, 15) is 14.4 Å². The van der Waals surface area contributed by atoms with Crippen LogP contribution in [0.5, 0.6) is 0 Å². The molecule has 0 spiro atoms. The molecule has 6 nitrogen and oxygen atoms in total. The predicted octanol–water partition coefficient (Wildman–Crippen LogP) is 1.16. The molecule has 0 radical (unpaired) electrons. The maximum Gasteiger partial charge on any atom is 0.333 e. The van der Waals surface area contributed by atoms with E-state index in [1.807, 2.05) is 0 Å². The van der Waals surface area contributed by atoms with Crippen molar-refractivity contribution in [3.05, 3.63) is 24.8 Å². The van der Waals surface area contributed by atoms with E-state index in [2.05, 4.69) is 17.9 Å². The highest BCUT2D eigenvalue weighted by Gasteiger charge is 2.06. The minimum Gasteiger partial charge on any atom is -0.463 e. The molecule has 0 saturated heterocycles. The molecule has 6 heteroatoms. The standard InChI is InChI=1S/C13H18O6/c1-4-11(14)17-7-5-6-12(15)18-8-9-19-13(16)10(2)3/h4H,1-2,5-9H2,3H3. The lowest BCUT2D eigenvalue weighted by Gasteiger charge is -2.06. The number of hydrogen-bond acceptors (Lipinski definition) is 6. The van der Waals surface area contributed by atoms with Crippen molar-refractivity contribution in [3.63, 3.8) is 0 Å². The Morgan fingerprint density at radius 2 is 1.68 bits per heavy atom. The van der Waals surface area contributed by atoms with Crippen LogP contribution in [0.15, 0.2) is 24.8 Å². The number of rotatable bonds is 9. The van der Waals surface area contributed by atoms with Gasteiger partial charge >= 0.3 is 17.9 Å². The van der Waals surface area contributed by atoms with Crippen LogP contribution in [0.4, 0.5) is 0 Å². The summed E-state index contributed by atoms with van der Waals surface area (Å²) in [5, 5.41) is 0. The molecule has 0 aliphatic rings. The third kappa shape index (κ3) is 9.58. The highest BCUT2D eigenvalue weighted by Crippen LogP contribution is 1.96. The van der Waals surface area contributed by atoms with Gasteiger partial charge in [0, 0.05) is 18.1 Å². The lowest BCUT2D eigenvalue weighted by Crippen LogP contribution is -2.14. The molecule has 19 heavy (non-hydrogen) atoms. The van der Waals surface area contributed by atoms with Crippen molar-refractivity contribution in [3.8, 4) is 0 Å². The summed E-state index contributed by atoms with van der Waals surface area (Å²) in [6.45, 7) is 8.28. The van der Waals surface area contributed by atoms with Crippen LogP contribution in [0.1, 0.15) is 19.8 Å². The highest BCUT2D eigenvalue weighted by molar-refractivity contribution is 5.86. The van der Waals surface area contributed by atoms with Crippen molar-refractivity contribution < 1.29 is 28.6 Å². The molecule has 0 saturated carbocycles. The zero-order valence-electron chi connectivity index (χ0n) is 11.0. The summed E-state index contributed by atoms with van der Waals surface area (Å²) in [4.78, 5) is 32.8. The van der Waals surface area contributed by atoms with E-state index in [-0.39, 0.29) is 31.8 Å². The average Bonchev–Trinajstić information content (AvgIpc) is 2.38. The molecule has 0 aliphatic carbocycles. The Labute approximate surface area is 112 Å². The molecule has 0 unspecified atom stereocenters. The molecule has 0 aliphatic heterocycles. The Morgan fingerprint density at radius 3 is 2.26 bits per heavy atom. The quantitative estimate of drug-likeness (QED) is 0.271. The van der Waals surface area contributed by atoms with Gasteiger partial charge in [0.15, 0.2) is 0 Å². The first-order chi connectivity index (χ1) is 8.97. The van der Waals surface area contributed by atoms with Gasteiger partial charge in [0.1, 0.15) is 13.2 Å². The van der Waals surface area contributed by atoms with E-state index in [1.54, 1.807) is 0 Å². The van der Waals surface area contributed by atoms with Crippen LogP contribution >= 0.6 is 0 Å². The Morgan fingerprint density at radius 1 is 1.05 bits per heavy atom. The molecule has 0 heterocycles. The summed E-state index contributed by atoms with van der Waals surface area (Å²) >= 11 is 0. The minimum atomic E-state index is -0.528. The number of esters is 3. The molecule has 0 N–H and O–H groups in total. The number of hydrogen-bond donors (Lipinski definition) is 0. The number of carbonyl (C=O) groups is 3. The fraction of sp³-hybridized carbons (Fsp3) is 0.462. The molecule has 0 aromatic carbocycles. The van der Waals surface area contributed by atoms with Crippen LogP contribution in [-0.2, 0) is 28.6 Å². The largest absolute Gasteiger partial charge is 0.463 e. The predicted molar refractivity (Wildman–Crippen MR) is 67.1 cm³/mol. The molecule has 0 rings (SSSR count). The monoisotopic (exact) mass is 270 g/mol. The van der Waals surface area contributed by atoms with Crippen molar-refractivity contribution >= 4 is 17.9 Å². The third-order valence-corrected chi connectivity index (χ3v) is 1.86. The van der Waals surface area contributed by atoms with Gasteiger partial charge in [0.25, 0.3) is 0 Å². The second-order valence-electron chi connectivity index (χ2n) is 3.61. The first-order valence-corrected chi connectivity index (χ1v) is 5.74. The molecule has 0 aromatic heterocycles. The van der Waals surface area contributed by atoms with Gasteiger partial charge in [-0.25, -0.2) is 9.59 Å². The summed E-state index contributed by atoms with van der Waals surface area (Å²) in [5.74, 6) is -1.49. The Kier molecular flexibility index (Phi) is 8.78. The fourth-order valence-electron chi connectivity index (χ4n) is 0.933. The molecular weight excluding hydrogens is 252 g/mol. The van der Waals surface area contributed by atoms with Crippen LogP contribution in [0.2, 0.25) is 0 Å². The van der Waals surface area contributed by atoms with Crippen molar-refractivity contribution in [2.75, 3.05) is 19.8 Å². The minimum absolute atomic E-state index is 0.00962. The molecule has 106 valence electrons. The molecule has 0 bridgehead atoms. The molecule has 0 amide bonds. The van der Waals surface area contributed by atoms with E-state index in [1.165, 1.54) is 6.92 Å². The van der Waals surface area contributed by atoms with Gasteiger partial charge in [-0.2, -0.15) is 0 Å². The van der Waals surface area contributed by atoms with Gasteiger partial charge in [-0.1, -0.05) is 13.2 Å². The smallest absolute Gasteiger partial charge is 0.333 e. The first kappa shape index (κ1) is 16.9. The normalized spacial score (nSPS) is 9.32. The van der Waals surface area contributed by atoms with E-state index in [0.717, 1.165) is 6.08 Å². The maximum atomic E-state index is 11.2. The van der Waals surface area contributed by atoms with Gasteiger partial charge in [-0.3, -0.25) is 4.79 Å². The van der Waals surface area contributed by atoms with Crippen molar-refractivity contribution in [1.29, 1.82) is 0 Å². The first-order valence-electron chi connectivity index (χ1n) is 5.74. The number of ether oxygens (including phenoxy) is 3. The fourth-order valence-corrected chi connectivity index (χ4v) is 0.933. The number of carbonyl (C=O) groups excluding carboxylic acids is 3. The van der Waals surface area contributed by atoms with Crippen LogP contribution < -0.4 is 0 Å². The van der Waals surface area contributed by atoms with Gasteiger partial charge in [0.2, 0.25) is 0 Å². The Bertz CT molecular complexity index is 358. The zero-order valence-corrected chi connectivity index (χ0v) is 11.0. The zero-order chi connectivity index (χ0) is 14.7. The average molecular weight is 270 g/mol. The van der Waals surface area contributed by atoms with Gasteiger partial charge < -0.3 is 14.2 Å². The van der Waals surface area contributed by atoms with E-state index in [4.69, 9.17) is 9.47 Å². The van der Waals surface area contributed by atoms with Crippen molar-refractivity contribution in [1.82, 2.24) is 0 Å². The Hall–Kier alpha value is -2.11. The van der Waals surface area contributed by atoms with E-state index in [0.29, 0.717) is 6.42 Å². The van der Waals surface area contributed by atoms with Crippen LogP contribution in [0, 0.1) is 0 Å². The Balaban J connectivity index is 3.50.